The number of hydrogen-bond acceptors (Lipinski definition) is 4. The van der Waals surface area contributed by atoms with Crippen LogP contribution in [-0.2, 0) is 17.8 Å². The van der Waals surface area contributed by atoms with Crippen LogP contribution in [0.4, 0.5) is 11.5 Å². The van der Waals surface area contributed by atoms with Crippen LogP contribution in [0.5, 0.6) is 0 Å². The van der Waals surface area contributed by atoms with Gasteiger partial charge in [0.25, 0.3) is 5.91 Å². The molecule has 154 valence electrons. The summed E-state index contributed by atoms with van der Waals surface area (Å²) >= 11 is 0. The van der Waals surface area contributed by atoms with Gasteiger partial charge in [-0.05, 0) is 38.3 Å². The minimum Gasteiger partial charge on any atom is -0.327 e. The van der Waals surface area contributed by atoms with E-state index in [4.69, 9.17) is 4.98 Å². The van der Waals surface area contributed by atoms with E-state index in [1.807, 2.05) is 0 Å². The highest BCUT2D eigenvalue weighted by Crippen LogP contribution is 2.28. The molecule has 0 fully saturated rings. The van der Waals surface area contributed by atoms with Gasteiger partial charge in [0.05, 0.1) is 17.6 Å². The Morgan fingerprint density at radius 3 is 2.50 bits per heavy atom. The van der Waals surface area contributed by atoms with Crippen LogP contribution in [0.2, 0.25) is 0 Å². The van der Waals surface area contributed by atoms with E-state index in [2.05, 4.69) is 51.4 Å². The first-order valence-corrected chi connectivity index (χ1v) is 10.2. The number of carbonyl (C=O) groups excluding carboxylic acids is 2. The molecule has 0 radical (unpaired) electrons. The standard InChI is InChI=1S/C23H25N5O2/c1-15-7-9-17(10-8-15)22-27-21(19-6-4-3-5-13-28(19)22)23(30)26-18-11-12-20(24-14-18)25-16(2)29/h7-12,14H,3-6,13H2,1-2H3,(H,26,30)(H,24,25,29). The molecule has 0 bridgehead atoms. The summed E-state index contributed by atoms with van der Waals surface area (Å²) in [6, 6.07) is 11.6. The number of nitrogens with one attached hydrogen (secondary N) is 2. The van der Waals surface area contributed by atoms with Crippen LogP contribution in [0.3, 0.4) is 0 Å². The molecule has 1 aromatic carbocycles. The topological polar surface area (TPSA) is 88.9 Å². The van der Waals surface area contributed by atoms with Gasteiger partial charge in [0, 0.05) is 19.0 Å². The lowest BCUT2D eigenvalue weighted by Crippen LogP contribution is -2.16. The normalized spacial score (nSPS) is 13.3. The van der Waals surface area contributed by atoms with Crippen LogP contribution in [0.15, 0.2) is 42.6 Å². The highest BCUT2D eigenvalue weighted by molar-refractivity contribution is 6.04. The second kappa shape index (κ2) is 8.49. The lowest BCUT2D eigenvalue weighted by atomic mass is 10.1. The zero-order chi connectivity index (χ0) is 21.1. The number of hydrogen-bond donors (Lipinski definition) is 2. The average molecular weight is 403 g/mol. The number of benzene rings is 1. The van der Waals surface area contributed by atoms with E-state index in [0.717, 1.165) is 49.3 Å². The Labute approximate surface area is 175 Å². The van der Waals surface area contributed by atoms with E-state index < -0.39 is 0 Å². The average Bonchev–Trinajstić information content (AvgIpc) is 2.91. The van der Waals surface area contributed by atoms with Gasteiger partial charge in [0.1, 0.15) is 17.3 Å². The van der Waals surface area contributed by atoms with E-state index in [9.17, 15) is 9.59 Å². The summed E-state index contributed by atoms with van der Waals surface area (Å²) in [7, 11) is 0. The number of rotatable bonds is 4. The van der Waals surface area contributed by atoms with Crippen molar-refractivity contribution in [3.63, 3.8) is 0 Å². The van der Waals surface area contributed by atoms with Gasteiger partial charge in [-0.3, -0.25) is 9.59 Å². The van der Waals surface area contributed by atoms with Crippen molar-refractivity contribution in [3.8, 4) is 11.4 Å². The predicted octanol–water partition coefficient (Wildman–Crippen LogP) is 4.19. The van der Waals surface area contributed by atoms with Gasteiger partial charge in [0.2, 0.25) is 5.91 Å². The third kappa shape index (κ3) is 4.25. The van der Waals surface area contributed by atoms with Gasteiger partial charge in [-0.25, -0.2) is 9.97 Å². The minimum atomic E-state index is -0.243. The Balaban J connectivity index is 1.63. The van der Waals surface area contributed by atoms with Crippen molar-refractivity contribution in [2.45, 2.75) is 46.1 Å². The lowest BCUT2D eigenvalue weighted by Gasteiger charge is -2.09. The summed E-state index contributed by atoms with van der Waals surface area (Å²) in [6.07, 6.45) is 5.63. The first-order chi connectivity index (χ1) is 14.5. The molecule has 2 aromatic heterocycles. The SMILES string of the molecule is CC(=O)Nc1ccc(NC(=O)c2nc(-c3ccc(C)cc3)n3c2CCCCC3)cn1. The summed E-state index contributed by atoms with van der Waals surface area (Å²) in [5, 5.41) is 5.51. The van der Waals surface area contributed by atoms with Gasteiger partial charge in [-0.15, -0.1) is 0 Å². The van der Waals surface area contributed by atoms with Crippen molar-refractivity contribution in [2.75, 3.05) is 10.6 Å². The molecule has 3 aromatic rings. The highest BCUT2D eigenvalue weighted by atomic mass is 16.2. The smallest absolute Gasteiger partial charge is 0.276 e. The van der Waals surface area contributed by atoms with Gasteiger partial charge in [-0.1, -0.05) is 36.2 Å². The Hall–Kier alpha value is -3.48. The maximum Gasteiger partial charge on any atom is 0.276 e. The molecule has 1 aliphatic heterocycles. The first kappa shape index (κ1) is 19.8. The summed E-state index contributed by atoms with van der Waals surface area (Å²) in [6.45, 7) is 4.35. The number of aromatic nitrogens is 3. The fraction of sp³-hybridized carbons (Fsp3) is 0.304. The van der Waals surface area contributed by atoms with Crippen molar-refractivity contribution >= 4 is 23.3 Å². The molecular formula is C23H25N5O2. The quantitative estimate of drug-likeness (QED) is 0.684. The van der Waals surface area contributed by atoms with Gasteiger partial charge in [-0.2, -0.15) is 0 Å². The monoisotopic (exact) mass is 403 g/mol. The lowest BCUT2D eigenvalue weighted by molar-refractivity contribution is -0.114. The third-order valence-corrected chi connectivity index (χ3v) is 5.22. The number of fused-ring (bicyclic) bond motifs is 1. The number of pyridine rings is 1. The van der Waals surface area contributed by atoms with E-state index in [0.29, 0.717) is 17.2 Å². The maximum atomic E-state index is 13.1. The van der Waals surface area contributed by atoms with Crippen molar-refractivity contribution in [3.05, 3.63) is 59.5 Å². The second-order valence-electron chi connectivity index (χ2n) is 7.63. The molecule has 1 aliphatic rings. The fourth-order valence-electron chi connectivity index (χ4n) is 3.74. The molecule has 0 atom stereocenters. The van der Waals surface area contributed by atoms with E-state index in [1.165, 1.54) is 18.7 Å². The second-order valence-corrected chi connectivity index (χ2v) is 7.63. The molecule has 7 nitrogen and oxygen atoms in total. The summed E-state index contributed by atoms with van der Waals surface area (Å²) in [5.41, 5.74) is 4.22. The van der Waals surface area contributed by atoms with Crippen molar-refractivity contribution in [2.24, 2.45) is 0 Å². The van der Waals surface area contributed by atoms with E-state index in [1.54, 1.807) is 12.1 Å². The van der Waals surface area contributed by atoms with Crippen molar-refractivity contribution in [1.82, 2.24) is 14.5 Å². The third-order valence-electron chi connectivity index (χ3n) is 5.22. The zero-order valence-corrected chi connectivity index (χ0v) is 17.2. The molecule has 30 heavy (non-hydrogen) atoms. The van der Waals surface area contributed by atoms with Crippen LogP contribution in [0.25, 0.3) is 11.4 Å². The summed E-state index contributed by atoms with van der Waals surface area (Å²) < 4.78 is 2.20. The Morgan fingerprint density at radius 2 is 1.80 bits per heavy atom. The van der Waals surface area contributed by atoms with Crippen LogP contribution in [0, 0.1) is 6.92 Å². The largest absolute Gasteiger partial charge is 0.327 e. The minimum absolute atomic E-state index is 0.191. The number of aryl methyl sites for hydroxylation is 1. The molecule has 7 heteroatoms. The van der Waals surface area contributed by atoms with Crippen LogP contribution >= 0.6 is 0 Å². The molecule has 0 aliphatic carbocycles. The number of anilines is 2. The Bertz CT molecular complexity index is 1070. The van der Waals surface area contributed by atoms with Gasteiger partial charge >= 0.3 is 0 Å². The molecule has 2 N–H and O–H groups in total. The summed E-state index contributed by atoms with van der Waals surface area (Å²) in [5.74, 6) is 0.853. The van der Waals surface area contributed by atoms with E-state index >= 15 is 0 Å². The number of nitrogens with zero attached hydrogens (tertiary/aromatic N) is 3. The number of carbonyl (C=O) groups is 2. The molecule has 0 saturated carbocycles. The van der Waals surface area contributed by atoms with Crippen LogP contribution < -0.4 is 10.6 Å². The number of imidazole rings is 1. The Kier molecular flexibility index (Phi) is 5.61. The molecule has 3 heterocycles. The predicted molar refractivity (Wildman–Crippen MR) is 116 cm³/mol. The fourth-order valence-corrected chi connectivity index (χ4v) is 3.74. The van der Waals surface area contributed by atoms with E-state index in [-0.39, 0.29) is 11.8 Å². The van der Waals surface area contributed by atoms with Crippen LogP contribution in [-0.4, -0.2) is 26.3 Å². The van der Waals surface area contributed by atoms with Gasteiger partial charge in [0.15, 0.2) is 0 Å². The zero-order valence-electron chi connectivity index (χ0n) is 17.2. The molecule has 0 saturated heterocycles. The molecule has 2 amide bonds. The van der Waals surface area contributed by atoms with Gasteiger partial charge < -0.3 is 15.2 Å². The van der Waals surface area contributed by atoms with Crippen molar-refractivity contribution < 1.29 is 9.59 Å². The maximum absolute atomic E-state index is 13.1. The van der Waals surface area contributed by atoms with Crippen molar-refractivity contribution in [1.29, 1.82) is 0 Å². The van der Waals surface area contributed by atoms with Crippen LogP contribution in [0.1, 0.15) is 47.9 Å². The first-order valence-electron chi connectivity index (χ1n) is 10.2. The Morgan fingerprint density at radius 1 is 1.00 bits per heavy atom. The molecular weight excluding hydrogens is 378 g/mol. The number of amides is 2. The molecule has 0 unspecified atom stereocenters. The summed E-state index contributed by atoms with van der Waals surface area (Å²) in [4.78, 5) is 33.1. The molecule has 4 rings (SSSR count). The molecule has 0 spiro atoms. The highest BCUT2D eigenvalue weighted by Gasteiger charge is 2.24.